The summed E-state index contributed by atoms with van der Waals surface area (Å²) < 4.78 is 12.1. The van der Waals surface area contributed by atoms with E-state index in [0.29, 0.717) is 16.4 Å². The molecule has 0 aliphatic carbocycles. The molecule has 1 heterocycles. The van der Waals surface area contributed by atoms with Gasteiger partial charge in [-0.3, -0.25) is 14.5 Å². The Bertz CT molecular complexity index is 717. The van der Waals surface area contributed by atoms with Crippen LogP contribution >= 0.6 is 34.4 Å². The molecule has 1 aliphatic rings. The molecule has 25 heavy (non-hydrogen) atoms. The summed E-state index contributed by atoms with van der Waals surface area (Å²) in [4.78, 5) is 26.4. The van der Waals surface area contributed by atoms with Gasteiger partial charge in [0.1, 0.15) is 0 Å². The van der Waals surface area contributed by atoms with Crippen LogP contribution in [-0.4, -0.2) is 35.3 Å². The van der Waals surface area contributed by atoms with Gasteiger partial charge < -0.3 is 9.47 Å². The predicted octanol–water partition coefficient (Wildman–Crippen LogP) is 4.92. The molecule has 0 radical (unpaired) electrons. The number of thioether (sulfide) groups is 1. The Morgan fingerprint density at radius 1 is 1.28 bits per heavy atom. The second-order valence-electron chi connectivity index (χ2n) is 6.01. The highest BCUT2D eigenvalue weighted by Crippen LogP contribution is 2.38. The van der Waals surface area contributed by atoms with Gasteiger partial charge in [0.15, 0.2) is 11.5 Å². The lowest BCUT2D eigenvalue weighted by molar-refractivity contribution is -0.124. The van der Waals surface area contributed by atoms with E-state index in [2.05, 4.69) is 22.6 Å². The van der Waals surface area contributed by atoms with Crippen molar-refractivity contribution in [2.75, 3.05) is 7.11 Å². The first kappa shape index (κ1) is 20.1. The SMILES string of the molecule is CC[C@H](C)N1C(=O)S/C(=C/c2cc(I)c(OC(C)C)c(OC)c2)C1=O. The number of benzene rings is 1. The second-order valence-corrected chi connectivity index (χ2v) is 8.17. The Balaban J connectivity index is 2.37. The molecule has 0 saturated carbocycles. The van der Waals surface area contributed by atoms with Crippen molar-refractivity contribution < 1.29 is 19.1 Å². The van der Waals surface area contributed by atoms with Gasteiger partial charge in [-0.25, -0.2) is 0 Å². The van der Waals surface area contributed by atoms with E-state index in [0.717, 1.165) is 27.3 Å². The first-order valence-corrected chi connectivity index (χ1v) is 9.99. The molecule has 1 saturated heterocycles. The van der Waals surface area contributed by atoms with Crippen LogP contribution in [0.25, 0.3) is 6.08 Å². The highest BCUT2D eigenvalue weighted by molar-refractivity contribution is 14.1. The summed E-state index contributed by atoms with van der Waals surface area (Å²) in [6.45, 7) is 7.74. The lowest BCUT2D eigenvalue weighted by Gasteiger charge is -2.19. The van der Waals surface area contributed by atoms with E-state index in [4.69, 9.17) is 9.47 Å². The van der Waals surface area contributed by atoms with Gasteiger partial charge in [-0.1, -0.05) is 6.92 Å². The van der Waals surface area contributed by atoms with Crippen molar-refractivity contribution in [1.29, 1.82) is 0 Å². The first-order valence-electron chi connectivity index (χ1n) is 8.09. The van der Waals surface area contributed by atoms with E-state index in [1.165, 1.54) is 4.90 Å². The van der Waals surface area contributed by atoms with Crippen molar-refractivity contribution in [3.05, 3.63) is 26.2 Å². The number of methoxy groups -OCH3 is 1. The molecule has 7 heteroatoms. The maximum absolute atomic E-state index is 12.5. The van der Waals surface area contributed by atoms with E-state index in [1.807, 2.05) is 39.8 Å². The van der Waals surface area contributed by atoms with Crippen LogP contribution in [0.3, 0.4) is 0 Å². The second kappa shape index (κ2) is 8.44. The molecule has 5 nitrogen and oxygen atoms in total. The molecule has 0 spiro atoms. The smallest absolute Gasteiger partial charge is 0.293 e. The van der Waals surface area contributed by atoms with E-state index in [1.54, 1.807) is 13.2 Å². The molecule has 1 aliphatic heterocycles. The number of rotatable bonds is 6. The zero-order valence-corrected chi connectivity index (χ0v) is 17.9. The standard InChI is InChI=1S/C18H22INO4S/c1-6-11(4)20-17(21)15(25-18(20)22)9-12-7-13(19)16(24-10(2)3)14(8-12)23-5/h7-11H,6H2,1-5H3/b15-9+/t11-/m0/s1. The average molecular weight is 475 g/mol. The fourth-order valence-corrected chi connectivity index (χ4v) is 4.05. The summed E-state index contributed by atoms with van der Waals surface area (Å²) in [5.41, 5.74) is 0.798. The molecular weight excluding hydrogens is 453 g/mol. The van der Waals surface area contributed by atoms with Crippen LogP contribution in [0.5, 0.6) is 11.5 Å². The molecule has 1 fully saturated rings. The number of nitrogens with zero attached hydrogens (tertiary/aromatic N) is 1. The maximum Gasteiger partial charge on any atom is 0.293 e. The summed E-state index contributed by atoms with van der Waals surface area (Å²) in [6, 6.07) is 3.63. The van der Waals surface area contributed by atoms with E-state index >= 15 is 0 Å². The van der Waals surface area contributed by atoms with Crippen molar-refractivity contribution in [1.82, 2.24) is 4.90 Å². The minimum absolute atomic E-state index is 0.0281. The first-order chi connectivity index (χ1) is 11.8. The van der Waals surface area contributed by atoms with Crippen molar-refractivity contribution in [2.45, 2.75) is 46.3 Å². The van der Waals surface area contributed by atoms with Crippen LogP contribution in [0.4, 0.5) is 4.79 Å². The number of imide groups is 1. The number of halogens is 1. The molecule has 0 N–H and O–H groups in total. The quantitative estimate of drug-likeness (QED) is 0.432. The van der Waals surface area contributed by atoms with Gasteiger partial charge in [0.2, 0.25) is 0 Å². The summed E-state index contributed by atoms with van der Waals surface area (Å²) in [7, 11) is 1.58. The summed E-state index contributed by atoms with van der Waals surface area (Å²) in [5.74, 6) is 1.05. The van der Waals surface area contributed by atoms with Gasteiger partial charge in [-0.05, 0) is 85.3 Å². The van der Waals surface area contributed by atoms with Crippen LogP contribution in [0, 0.1) is 3.57 Å². The van der Waals surface area contributed by atoms with Crippen molar-refractivity contribution in [2.24, 2.45) is 0 Å². The summed E-state index contributed by atoms with van der Waals surface area (Å²) in [6.07, 6.45) is 2.50. The van der Waals surface area contributed by atoms with Gasteiger partial charge in [0.25, 0.3) is 11.1 Å². The predicted molar refractivity (Wildman–Crippen MR) is 109 cm³/mol. The zero-order valence-electron chi connectivity index (χ0n) is 15.0. The maximum atomic E-state index is 12.5. The van der Waals surface area contributed by atoms with E-state index in [9.17, 15) is 9.59 Å². The lowest BCUT2D eigenvalue weighted by atomic mass is 10.1. The van der Waals surface area contributed by atoms with Gasteiger partial charge >= 0.3 is 0 Å². The Morgan fingerprint density at radius 2 is 1.96 bits per heavy atom. The largest absolute Gasteiger partial charge is 0.493 e. The fraction of sp³-hybridized carbons (Fsp3) is 0.444. The molecule has 0 aromatic heterocycles. The van der Waals surface area contributed by atoms with Gasteiger partial charge in [0.05, 0.1) is 21.7 Å². The van der Waals surface area contributed by atoms with Crippen LogP contribution < -0.4 is 9.47 Å². The normalized spacial score (nSPS) is 17.6. The highest BCUT2D eigenvalue weighted by atomic mass is 127. The molecule has 0 unspecified atom stereocenters. The molecule has 1 atom stereocenters. The van der Waals surface area contributed by atoms with Crippen molar-refractivity contribution >= 4 is 51.6 Å². The fourth-order valence-electron chi connectivity index (χ4n) is 2.37. The number of ether oxygens (including phenoxy) is 2. The number of hydrogen-bond donors (Lipinski definition) is 0. The third-order valence-corrected chi connectivity index (χ3v) is 5.44. The minimum atomic E-state index is -0.235. The highest BCUT2D eigenvalue weighted by Gasteiger charge is 2.37. The number of amides is 2. The Morgan fingerprint density at radius 3 is 2.52 bits per heavy atom. The molecule has 2 amide bonds. The monoisotopic (exact) mass is 475 g/mol. The Hall–Kier alpha value is -1.22. The zero-order chi connectivity index (χ0) is 18.7. The van der Waals surface area contributed by atoms with Crippen molar-refractivity contribution in [3.63, 3.8) is 0 Å². The van der Waals surface area contributed by atoms with Gasteiger partial charge in [-0.15, -0.1) is 0 Å². The van der Waals surface area contributed by atoms with Crippen LogP contribution in [-0.2, 0) is 4.79 Å². The Labute approximate surface area is 166 Å². The molecule has 1 aromatic rings. The summed E-state index contributed by atoms with van der Waals surface area (Å²) >= 11 is 3.16. The van der Waals surface area contributed by atoms with E-state index < -0.39 is 0 Å². The third kappa shape index (κ3) is 4.49. The van der Waals surface area contributed by atoms with Gasteiger partial charge in [-0.2, -0.15) is 0 Å². The third-order valence-electron chi connectivity index (χ3n) is 3.76. The van der Waals surface area contributed by atoms with Crippen molar-refractivity contribution in [3.8, 4) is 11.5 Å². The number of hydrogen-bond acceptors (Lipinski definition) is 5. The molecule has 136 valence electrons. The van der Waals surface area contributed by atoms with Crippen LogP contribution in [0.15, 0.2) is 17.0 Å². The lowest BCUT2D eigenvalue weighted by Crippen LogP contribution is -2.36. The average Bonchev–Trinajstić information content (AvgIpc) is 2.82. The Kier molecular flexibility index (Phi) is 6.79. The minimum Gasteiger partial charge on any atom is -0.493 e. The topological polar surface area (TPSA) is 55.8 Å². The molecule has 2 rings (SSSR count). The molecule has 1 aromatic carbocycles. The van der Waals surface area contributed by atoms with Crippen LogP contribution in [0.1, 0.15) is 39.7 Å². The summed E-state index contributed by atoms with van der Waals surface area (Å²) in [5, 5.41) is -0.216. The van der Waals surface area contributed by atoms with E-state index in [-0.39, 0.29) is 23.3 Å². The van der Waals surface area contributed by atoms with Crippen LogP contribution in [0.2, 0.25) is 0 Å². The number of carbonyl (C=O) groups is 2. The molecular formula is C18H22INO4S. The van der Waals surface area contributed by atoms with Gasteiger partial charge in [0, 0.05) is 6.04 Å². The number of carbonyl (C=O) groups excluding carboxylic acids is 2. The molecule has 0 bridgehead atoms.